The minimum atomic E-state index is -1.39. The van der Waals surface area contributed by atoms with Gasteiger partial charge in [-0.25, -0.2) is 9.59 Å². The molecule has 0 aliphatic carbocycles. The van der Waals surface area contributed by atoms with Crippen molar-refractivity contribution < 1.29 is 28.3 Å². The van der Waals surface area contributed by atoms with Gasteiger partial charge in [0.25, 0.3) is 5.91 Å². The van der Waals surface area contributed by atoms with Crippen molar-refractivity contribution in [3.05, 3.63) is 36.1 Å². The SMILES string of the molecule is CCOC(=O)N1CCC(NC(=O)CN2C(=O)NC(C)(c3cc4ccccc4o3)C2=O)CC1. The number of likely N-dealkylation sites (tertiary alicyclic amines) is 1. The number of ether oxygens (including phenoxy) is 1. The van der Waals surface area contributed by atoms with Crippen LogP contribution in [0.3, 0.4) is 0 Å². The molecule has 1 aromatic carbocycles. The molecule has 1 aromatic heterocycles. The second-order valence-electron chi connectivity index (χ2n) is 8.12. The minimum Gasteiger partial charge on any atom is -0.458 e. The van der Waals surface area contributed by atoms with E-state index in [0.29, 0.717) is 43.9 Å². The zero-order valence-corrected chi connectivity index (χ0v) is 18.1. The van der Waals surface area contributed by atoms with Crippen LogP contribution in [0.1, 0.15) is 32.4 Å². The lowest BCUT2D eigenvalue weighted by atomic mass is 9.99. The molecular weight excluding hydrogens is 416 g/mol. The predicted octanol–water partition coefficient (Wildman–Crippen LogP) is 1.94. The van der Waals surface area contributed by atoms with Gasteiger partial charge in [0.1, 0.15) is 17.9 Å². The highest BCUT2D eigenvalue weighted by Gasteiger charge is 2.51. The van der Waals surface area contributed by atoms with Gasteiger partial charge in [-0.2, -0.15) is 0 Å². The molecule has 4 rings (SSSR count). The van der Waals surface area contributed by atoms with E-state index in [-0.39, 0.29) is 12.1 Å². The van der Waals surface area contributed by atoms with E-state index in [1.54, 1.807) is 30.9 Å². The number of carbonyl (C=O) groups excluding carboxylic acids is 4. The van der Waals surface area contributed by atoms with E-state index in [9.17, 15) is 19.2 Å². The number of urea groups is 1. The fourth-order valence-electron chi connectivity index (χ4n) is 4.07. The third-order valence-electron chi connectivity index (χ3n) is 5.88. The van der Waals surface area contributed by atoms with Gasteiger partial charge in [-0.15, -0.1) is 0 Å². The van der Waals surface area contributed by atoms with Crippen LogP contribution in [0.15, 0.2) is 34.7 Å². The molecule has 170 valence electrons. The number of furan rings is 1. The first kappa shape index (κ1) is 21.7. The average molecular weight is 442 g/mol. The molecule has 2 saturated heterocycles. The summed E-state index contributed by atoms with van der Waals surface area (Å²) in [6.07, 6.45) is 0.782. The number of benzene rings is 1. The minimum absolute atomic E-state index is 0.143. The number of piperidine rings is 1. The fourth-order valence-corrected chi connectivity index (χ4v) is 4.07. The topological polar surface area (TPSA) is 121 Å². The monoisotopic (exact) mass is 442 g/mol. The molecular formula is C22H26N4O6. The van der Waals surface area contributed by atoms with Crippen molar-refractivity contribution in [3.63, 3.8) is 0 Å². The summed E-state index contributed by atoms with van der Waals surface area (Å²) < 4.78 is 10.8. The zero-order valence-electron chi connectivity index (χ0n) is 18.1. The number of fused-ring (bicyclic) bond motifs is 1. The Labute approximate surface area is 184 Å². The number of nitrogens with one attached hydrogen (secondary N) is 2. The summed E-state index contributed by atoms with van der Waals surface area (Å²) in [4.78, 5) is 52.4. The van der Waals surface area contributed by atoms with Crippen molar-refractivity contribution in [2.75, 3.05) is 26.2 Å². The number of hydrogen-bond donors (Lipinski definition) is 2. The Morgan fingerprint density at radius 1 is 1.25 bits per heavy atom. The van der Waals surface area contributed by atoms with Crippen LogP contribution in [0.5, 0.6) is 0 Å². The van der Waals surface area contributed by atoms with Crippen molar-refractivity contribution >= 4 is 34.9 Å². The summed E-state index contributed by atoms with van der Waals surface area (Å²) in [5, 5.41) is 6.32. The van der Waals surface area contributed by atoms with E-state index >= 15 is 0 Å². The molecule has 32 heavy (non-hydrogen) atoms. The maximum absolute atomic E-state index is 13.1. The lowest BCUT2D eigenvalue weighted by Crippen LogP contribution is -2.49. The molecule has 2 N–H and O–H groups in total. The molecule has 3 heterocycles. The van der Waals surface area contributed by atoms with Crippen molar-refractivity contribution in [1.82, 2.24) is 20.4 Å². The smallest absolute Gasteiger partial charge is 0.409 e. The third-order valence-corrected chi connectivity index (χ3v) is 5.88. The first-order valence-electron chi connectivity index (χ1n) is 10.7. The summed E-state index contributed by atoms with van der Waals surface area (Å²) in [6.45, 7) is 4.18. The Hall–Kier alpha value is -3.56. The van der Waals surface area contributed by atoms with E-state index in [1.807, 2.05) is 18.2 Å². The molecule has 0 saturated carbocycles. The third kappa shape index (κ3) is 4.00. The Morgan fingerprint density at radius 3 is 2.66 bits per heavy atom. The maximum atomic E-state index is 13.1. The number of imide groups is 1. The van der Waals surface area contributed by atoms with Gasteiger partial charge in [-0.1, -0.05) is 18.2 Å². The molecule has 10 heteroatoms. The highest BCUT2D eigenvalue weighted by atomic mass is 16.6. The first-order valence-corrected chi connectivity index (χ1v) is 10.7. The van der Waals surface area contributed by atoms with Crippen LogP contribution in [0.25, 0.3) is 11.0 Å². The molecule has 0 spiro atoms. The molecule has 2 aromatic rings. The van der Waals surface area contributed by atoms with E-state index < -0.39 is 29.9 Å². The summed E-state index contributed by atoms with van der Waals surface area (Å²) in [5.74, 6) is -0.669. The van der Waals surface area contributed by atoms with Crippen LogP contribution < -0.4 is 10.6 Å². The lowest BCUT2D eigenvalue weighted by Gasteiger charge is -2.31. The van der Waals surface area contributed by atoms with Gasteiger partial charge in [0.2, 0.25) is 5.91 Å². The number of carbonyl (C=O) groups is 4. The molecule has 1 atom stereocenters. The second-order valence-corrected chi connectivity index (χ2v) is 8.12. The predicted molar refractivity (Wildman–Crippen MR) is 114 cm³/mol. The summed E-state index contributed by atoms with van der Waals surface area (Å²) >= 11 is 0. The Kier molecular flexibility index (Phi) is 5.77. The molecule has 5 amide bonds. The van der Waals surface area contributed by atoms with Gasteiger partial charge < -0.3 is 24.7 Å². The van der Waals surface area contributed by atoms with Gasteiger partial charge in [0.15, 0.2) is 5.54 Å². The van der Waals surface area contributed by atoms with Gasteiger partial charge in [-0.05, 0) is 38.8 Å². The Balaban J connectivity index is 1.36. The van der Waals surface area contributed by atoms with Crippen molar-refractivity contribution in [2.45, 2.75) is 38.3 Å². The summed E-state index contributed by atoms with van der Waals surface area (Å²) in [5.41, 5.74) is -0.780. The molecule has 2 aliphatic heterocycles. The first-order chi connectivity index (χ1) is 15.3. The standard InChI is InChI=1S/C22H26N4O6/c1-3-31-21(30)25-10-8-15(9-11-25)23-18(27)13-26-19(28)22(2,24-20(26)29)17-12-14-6-4-5-7-16(14)32-17/h4-7,12,15H,3,8-11,13H2,1-2H3,(H,23,27)(H,24,29). The van der Waals surface area contributed by atoms with Crippen LogP contribution in [-0.2, 0) is 19.9 Å². The molecule has 10 nitrogen and oxygen atoms in total. The van der Waals surface area contributed by atoms with Crippen LogP contribution in [-0.4, -0.2) is 66.0 Å². The normalized spacial score (nSPS) is 21.7. The van der Waals surface area contributed by atoms with E-state index in [0.717, 1.165) is 10.3 Å². The van der Waals surface area contributed by atoms with E-state index in [4.69, 9.17) is 9.15 Å². The van der Waals surface area contributed by atoms with Crippen molar-refractivity contribution in [1.29, 1.82) is 0 Å². The summed E-state index contributed by atoms with van der Waals surface area (Å²) in [6, 6.07) is 8.23. The van der Waals surface area contributed by atoms with Crippen LogP contribution >= 0.6 is 0 Å². The molecule has 2 fully saturated rings. The quantitative estimate of drug-likeness (QED) is 0.683. The van der Waals surface area contributed by atoms with Crippen LogP contribution in [0.2, 0.25) is 0 Å². The summed E-state index contributed by atoms with van der Waals surface area (Å²) in [7, 11) is 0. The molecule has 0 radical (unpaired) electrons. The fraction of sp³-hybridized carbons (Fsp3) is 0.455. The molecule has 2 aliphatic rings. The number of amides is 5. The van der Waals surface area contributed by atoms with E-state index in [2.05, 4.69) is 10.6 Å². The second kappa shape index (κ2) is 8.52. The average Bonchev–Trinajstić information content (AvgIpc) is 3.30. The molecule has 0 bridgehead atoms. The number of hydrogen-bond acceptors (Lipinski definition) is 6. The highest BCUT2D eigenvalue weighted by molar-refractivity contribution is 6.09. The molecule has 1 unspecified atom stereocenters. The van der Waals surface area contributed by atoms with Gasteiger partial charge in [0, 0.05) is 24.5 Å². The highest BCUT2D eigenvalue weighted by Crippen LogP contribution is 2.32. The van der Waals surface area contributed by atoms with Gasteiger partial charge in [0.05, 0.1) is 6.61 Å². The van der Waals surface area contributed by atoms with Gasteiger partial charge >= 0.3 is 12.1 Å². The van der Waals surface area contributed by atoms with Crippen LogP contribution in [0, 0.1) is 0 Å². The van der Waals surface area contributed by atoms with Gasteiger partial charge in [-0.3, -0.25) is 14.5 Å². The number of para-hydroxylation sites is 1. The maximum Gasteiger partial charge on any atom is 0.409 e. The van der Waals surface area contributed by atoms with Crippen molar-refractivity contribution in [3.8, 4) is 0 Å². The Morgan fingerprint density at radius 2 is 1.97 bits per heavy atom. The van der Waals surface area contributed by atoms with E-state index in [1.165, 1.54) is 0 Å². The van der Waals surface area contributed by atoms with Crippen LogP contribution in [0.4, 0.5) is 9.59 Å². The number of rotatable bonds is 5. The largest absolute Gasteiger partial charge is 0.458 e. The number of nitrogens with zero attached hydrogens (tertiary/aromatic N) is 2. The zero-order chi connectivity index (χ0) is 22.9. The Bertz CT molecular complexity index is 1020. The van der Waals surface area contributed by atoms with Crippen molar-refractivity contribution in [2.24, 2.45) is 0 Å². The lowest BCUT2D eigenvalue weighted by molar-refractivity contribution is -0.135.